The number of piperidine rings is 1. The molecule has 0 aliphatic carbocycles. The number of hydrogen-bond acceptors (Lipinski definition) is 1. The number of rotatable bonds is 2. The highest BCUT2D eigenvalue weighted by Gasteiger charge is 2.41. The Morgan fingerprint density at radius 2 is 1.93 bits per heavy atom. The third-order valence-corrected chi connectivity index (χ3v) is 2.51. The monoisotopic (exact) mass is 231 g/mol. The van der Waals surface area contributed by atoms with Crippen molar-refractivity contribution < 1.29 is 13.2 Å². The van der Waals surface area contributed by atoms with E-state index in [1.807, 2.05) is 6.92 Å². The summed E-state index contributed by atoms with van der Waals surface area (Å²) in [7, 11) is 0. The fourth-order valence-corrected chi connectivity index (χ4v) is 1.85. The van der Waals surface area contributed by atoms with Gasteiger partial charge < -0.3 is 5.32 Å². The standard InChI is InChI=1S/C9H16F3N.ClH/c1-2-4-7-5-3-6-8(13-7)9(10,11)12;/h7-8,13H,2-6H2,1H3;1H/t7-,8-;/m0./s1. The molecule has 0 aromatic carbocycles. The molecular formula is C9H17ClF3N. The highest BCUT2D eigenvalue weighted by atomic mass is 35.5. The van der Waals surface area contributed by atoms with Crippen LogP contribution in [0.5, 0.6) is 0 Å². The average Bonchev–Trinajstić information content (AvgIpc) is 2.04. The summed E-state index contributed by atoms with van der Waals surface area (Å²) in [6, 6.07) is -1.19. The summed E-state index contributed by atoms with van der Waals surface area (Å²) in [4.78, 5) is 0. The molecule has 1 N–H and O–H groups in total. The summed E-state index contributed by atoms with van der Waals surface area (Å²) >= 11 is 0. The van der Waals surface area contributed by atoms with E-state index in [0.29, 0.717) is 6.42 Å². The van der Waals surface area contributed by atoms with Crippen LogP contribution in [0.25, 0.3) is 0 Å². The Hall–Kier alpha value is 0.0400. The van der Waals surface area contributed by atoms with E-state index in [1.54, 1.807) is 0 Å². The molecule has 0 aromatic rings. The van der Waals surface area contributed by atoms with Crippen molar-refractivity contribution >= 4 is 12.4 Å². The van der Waals surface area contributed by atoms with Crippen LogP contribution in [0.2, 0.25) is 0 Å². The van der Waals surface area contributed by atoms with E-state index in [-0.39, 0.29) is 24.9 Å². The molecule has 1 nitrogen and oxygen atoms in total. The van der Waals surface area contributed by atoms with Crippen molar-refractivity contribution in [1.29, 1.82) is 0 Å². The topological polar surface area (TPSA) is 12.0 Å². The lowest BCUT2D eigenvalue weighted by atomic mass is 9.95. The smallest absolute Gasteiger partial charge is 0.303 e. The highest BCUT2D eigenvalue weighted by molar-refractivity contribution is 5.85. The minimum atomic E-state index is -4.06. The van der Waals surface area contributed by atoms with Gasteiger partial charge in [0.2, 0.25) is 0 Å². The molecule has 5 heteroatoms. The predicted octanol–water partition coefficient (Wildman–Crippen LogP) is 3.28. The molecule has 1 saturated heterocycles. The van der Waals surface area contributed by atoms with Gasteiger partial charge in [0.1, 0.15) is 6.04 Å². The van der Waals surface area contributed by atoms with Gasteiger partial charge in [0.05, 0.1) is 0 Å². The molecule has 1 aliphatic heterocycles. The van der Waals surface area contributed by atoms with Gasteiger partial charge in [0.25, 0.3) is 0 Å². The van der Waals surface area contributed by atoms with Crippen molar-refractivity contribution in [2.45, 2.75) is 57.3 Å². The molecule has 86 valence electrons. The van der Waals surface area contributed by atoms with Gasteiger partial charge in [0.15, 0.2) is 0 Å². The van der Waals surface area contributed by atoms with Gasteiger partial charge in [-0.05, 0) is 19.3 Å². The van der Waals surface area contributed by atoms with Crippen molar-refractivity contribution in [2.24, 2.45) is 0 Å². The summed E-state index contributed by atoms with van der Waals surface area (Å²) in [5.41, 5.74) is 0. The third kappa shape index (κ3) is 4.05. The van der Waals surface area contributed by atoms with Crippen LogP contribution in [0.3, 0.4) is 0 Å². The lowest BCUT2D eigenvalue weighted by Gasteiger charge is -2.32. The van der Waals surface area contributed by atoms with E-state index in [2.05, 4.69) is 5.32 Å². The Labute approximate surface area is 88.9 Å². The Bertz CT molecular complexity index is 159. The van der Waals surface area contributed by atoms with Crippen LogP contribution in [0.4, 0.5) is 13.2 Å². The average molecular weight is 232 g/mol. The molecule has 0 saturated carbocycles. The minimum absolute atomic E-state index is 0. The van der Waals surface area contributed by atoms with E-state index in [4.69, 9.17) is 0 Å². The van der Waals surface area contributed by atoms with Gasteiger partial charge in [-0.15, -0.1) is 12.4 Å². The van der Waals surface area contributed by atoms with Crippen LogP contribution in [0.15, 0.2) is 0 Å². The van der Waals surface area contributed by atoms with Crippen molar-refractivity contribution in [3.05, 3.63) is 0 Å². The first-order chi connectivity index (χ1) is 6.04. The van der Waals surface area contributed by atoms with Gasteiger partial charge in [-0.1, -0.05) is 19.8 Å². The van der Waals surface area contributed by atoms with E-state index >= 15 is 0 Å². The summed E-state index contributed by atoms with van der Waals surface area (Å²) in [5.74, 6) is 0. The molecule has 2 atom stereocenters. The Morgan fingerprint density at radius 1 is 1.29 bits per heavy atom. The molecule has 1 fully saturated rings. The number of nitrogens with one attached hydrogen (secondary N) is 1. The summed E-state index contributed by atoms with van der Waals surface area (Å²) in [6.07, 6.45) is -0.437. The van der Waals surface area contributed by atoms with Crippen LogP contribution >= 0.6 is 12.4 Å². The molecule has 0 spiro atoms. The van der Waals surface area contributed by atoms with Crippen LogP contribution in [-0.2, 0) is 0 Å². The van der Waals surface area contributed by atoms with E-state index in [0.717, 1.165) is 19.3 Å². The first kappa shape index (κ1) is 14.0. The number of hydrogen-bond donors (Lipinski definition) is 1. The zero-order valence-electron chi connectivity index (χ0n) is 8.23. The van der Waals surface area contributed by atoms with Crippen molar-refractivity contribution in [3.63, 3.8) is 0 Å². The van der Waals surface area contributed by atoms with Crippen molar-refractivity contribution in [3.8, 4) is 0 Å². The first-order valence-electron chi connectivity index (χ1n) is 4.86. The van der Waals surface area contributed by atoms with E-state index < -0.39 is 12.2 Å². The Kier molecular flexibility index (Phi) is 5.83. The SMILES string of the molecule is CCC[C@H]1CCC[C@@H](C(F)(F)F)N1.Cl. The normalized spacial score (nSPS) is 28.3. The zero-order valence-corrected chi connectivity index (χ0v) is 9.05. The van der Waals surface area contributed by atoms with Crippen molar-refractivity contribution in [1.82, 2.24) is 5.32 Å². The fourth-order valence-electron chi connectivity index (χ4n) is 1.85. The first-order valence-corrected chi connectivity index (χ1v) is 4.86. The maximum atomic E-state index is 12.3. The summed E-state index contributed by atoms with van der Waals surface area (Å²) in [5, 5.41) is 2.67. The van der Waals surface area contributed by atoms with Crippen molar-refractivity contribution in [2.75, 3.05) is 0 Å². The molecule has 1 heterocycles. The second-order valence-electron chi connectivity index (χ2n) is 3.68. The summed E-state index contributed by atoms with van der Waals surface area (Å²) < 4.78 is 36.9. The van der Waals surface area contributed by atoms with Gasteiger partial charge in [-0.3, -0.25) is 0 Å². The third-order valence-electron chi connectivity index (χ3n) is 2.51. The molecule has 1 aliphatic rings. The van der Waals surface area contributed by atoms with Crippen LogP contribution in [0, 0.1) is 0 Å². The van der Waals surface area contributed by atoms with Gasteiger partial charge in [0, 0.05) is 6.04 Å². The lowest BCUT2D eigenvalue weighted by Crippen LogP contribution is -2.50. The number of alkyl halides is 3. The molecule has 1 rings (SSSR count). The largest absolute Gasteiger partial charge is 0.403 e. The maximum Gasteiger partial charge on any atom is 0.403 e. The van der Waals surface area contributed by atoms with Gasteiger partial charge in [-0.2, -0.15) is 13.2 Å². The van der Waals surface area contributed by atoms with Crippen LogP contribution < -0.4 is 5.32 Å². The lowest BCUT2D eigenvalue weighted by molar-refractivity contribution is -0.163. The fraction of sp³-hybridized carbons (Fsp3) is 1.00. The maximum absolute atomic E-state index is 12.3. The van der Waals surface area contributed by atoms with E-state index in [1.165, 1.54) is 0 Å². The Morgan fingerprint density at radius 3 is 2.43 bits per heavy atom. The highest BCUT2D eigenvalue weighted by Crippen LogP contribution is 2.28. The Balaban J connectivity index is 0.00000169. The molecule has 0 radical (unpaired) electrons. The van der Waals surface area contributed by atoms with Gasteiger partial charge >= 0.3 is 6.18 Å². The molecular weight excluding hydrogens is 215 g/mol. The summed E-state index contributed by atoms with van der Waals surface area (Å²) in [6.45, 7) is 2.00. The van der Waals surface area contributed by atoms with E-state index in [9.17, 15) is 13.2 Å². The molecule has 0 bridgehead atoms. The minimum Gasteiger partial charge on any atom is -0.303 e. The second-order valence-corrected chi connectivity index (χ2v) is 3.68. The molecule has 0 aromatic heterocycles. The number of halogens is 4. The second kappa shape index (κ2) is 5.81. The predicted molar refractivity (Wildman–Crippen MR) is 52.8 cm³/mol. The quantitative estimate of drug-likeness (QED) is 0.769. The molecule has 14 heavy (non-hydrogen) atoms. The van der Waals surface area contributed by atoms with Gasteiger partial charge in [-0.25, -0.2) is 0 Å². The van der Waals surface area contributed by atoms with Crippen LogP contribution in [0.1, 0.15) is 39.0 Å². The van der Waals surface area contributed by atoms with Crippen LogP contribution in [-0.4, -0.2) is 18.3 Å². The molecule has 0 amide bonds. The molecule has 0 unspecified atom stereocenters. The zero-order chi connectivity index (χ0) is 9.90.